The summed E-state index contributed by atoms with van der Waals surface area (Å²) >= 11 is 1.84. The van der Waals surface area contributed by atoms with Gasteiger partial charge in [0.2, 0.25) is 0 Å². The standard InChI is InChI=1S/C82H52BN3O3S/c1-82(2,3)49-41-43-51(44-42-49)85-74-53(47-23-7-4-8-24-47)33-21-35-59(74)67-69-57-31-15-19-39-63(57)87-78(69)72-80(76(67)85)89-65-45-52(84-61-37-17-13-29-55(61)56-30-14-18-38-62(56)84)46-66-71(65)83(72)73-79-70(58-32-16-20-40-64(58)88-79)68-60-36-22-34-54(48-25-9-5-10-26-48)75(60)86(77(68)81(73)90-66)50-27-11-6-12-28-50/h4-46H,1-3H3. The zero-order valence-corrected chi connectivity index (χ0v) is 50.2. The molecule has 2 aliphatic heterocycles. The fourth-order valence-corrected chi connectivity index (χ4v) is 17.0. The maximum Gasteiger partial charge on any atom is 0.263 e. The van der Waals surface area contributed by atoms with Gasteiger partial charge in [-0.25, -0.2) is 0 Å². The average molecular weight is 1170 g/mol. The van der Waals surface area contributed by atoms with Gasteiger partial charge >= 0.3 is 0 Å². The first-order valence-electron chi connectivity index (χ1n) is 31.0. The maximum atomic E-state index is 8.16. The highest BCUT2D eigenvalue weighted by atomic mass is 32.2. The fourth-order valence-electron chi connectivity index (χ4n) is 15.7. The molecule has 6 nitrogen and oxygen atoms in total. The molecule has 5 aromatic heterocycles. The van der Waals surface area contributed by atoms with E-state index in [1.165, 1.54) is 16.3 Å². The van der Waals surface area contributed by atoms with E-state index in [0.29, 0.717) is 0 Å². The summed E-state index contributed by atoms with van der Waals surface area (Å²) in [6.07, 6.45) is 0. The summed E-state index contributed by atoms with van der Waals surface area (Å²) < 4.78 is 30.9. The summed E-state index contributed by atoms with van der Waals surface area (Å²) in [6, 6.07) is 95.2. The Bertz CT molecular complexity index is 6070. The number of hydrogen-bond acceptors (Lipinski definition) is 4. The largest absolute Gasteiger partial charge is 0.457 e. The van der Waals surface area contributed by atoms with Crippen LogP contribution in [0.4, 0.5) is 0 Å². The first-order valence-corrected chi connectivity index (χ1v) is 31.8. The van der Waals surface area contributed by atoms with Crippen LogP contribution in [0, 0.1) is 0 Å². The summed E-state index contributed by atoms with van der Waals surface area (Å²) in [7, 11) is 0. The predicted octanol–water partition coefficient (Wildman–Crippen LogP) is 20.5. The number of furan rings is 2. The Balaban J connectivity index is 1.03. The molecule has 13 aromatic carbocycles. The molecule has 422 valence electrons. The number of benzene rings is 13. The summed E-state index contributed by atoms with van der Waals surface area (Å²) in [5.74, 6) is 1.55. The molecule has 0 spiro atoms. The lowest BCUT2D eigenvalue weighted by Gasteiger charge is -2.34. The van der Waals surface area contributed by atoms with Gasteiger partial charge in [-0.2, -0.15) is 0 Å². The van der Waals surface area contributed by atoms with E-state index in [9.17, 15) is 0 Å². The van der Waals surface area contributed by atoms with Crippen LogP contribution in [-0.4, -0.2) is 20.4 Å². The molecule has 2 aliphatic rings. The molecule has 20 rings (SSSR count). The zero-order chi connectivity index (χ0) is 59.3. The van der Waals surface area contributed by atoms with Crippen molar-refractivity contribution in [3.63, 3.8) is 0 Å². The number of nitrogens with zero attached hydrogens (tertiary/aromatic N) is 3. The molecule has 0 radical (unpaired) electrons. The van der Waals surface area contributed by atoms with E-state index in [0.717, 1.165) is 176 Å². The topological polar surface area (TPSA) is 50.3 Å². The van der Waals surface area contributed by atoms with E-state index >= 15 is 0 Å². The smallest absolute Gasteiger partial charge is 0.263 e. The third-order valence-electron chi connectivity index (χ3n) is 19.5. The van der Waals surface area contributed by atoms with E-state index in [2.05, 4.69) is 295 Å². The molecular weight excluding hydrogens is 1120 g/mol. The number of para-hydroxylation sites is 7. The van der Waals surface area contributed by atoms with Crippen LogP contribution in [0.1, 0.15) is 26.3 Å². The van der Waals surface area contributed by atoms with E-state index in [4.69, 9.17) is 13.6 Å². The molecule has 90 heavy (non-hydrogen) atoms. The molecule has 0 aliphatic carbocycles. The van der Waals surface area contributed by atoms with Crippen LogP contribution in [0.15, 0.2) is 279 Å². The zero-order valence-electron chi connectivity index (χ0n) is 49.4. The molecule has 0 amide bonds. The van der Waals surface area contributed by atoms with Crippen LogP contribution in [0.5, 0.6) is 11.5 Å². The molecule has 0 saturated carbocycles. The average Bonchev–Trinajstić information content (AvgIpc) is 1.42. The van der Waals surface area contributed by atoms with Gasteiger partial charge in [-0.1, -0.05) is 233 Å². The molecule has 0 N–H and O–H groups in total. The third-order valence-corrected chi connectivity index (χ3v) is 20.6. The van der Waals surface area contributed by atoms with Crippen molar-refractivity contribution in [2.45, 2.75) is 36.0 Å². The molecule has 0 unspecified atom stereocenters. The number of fused-ring (bicyclic) bond motifs is 25. The summed E-state index contributed by atoms with van der Waals surface area (Å²) in [5.41, 5.74) is 21.9. The second-order valence-electron chi connectivity index (χ2n) is 25.3. The molecule has 0 bridgehead atoms. The fraction of sp³-hybridized carbons (Fsp3) is 0.0488. The molecule has 7 heterocycles. The van der Waals surface area contributed by atoms with Gasteiger partial charge in [-0.05, 0) is 87.6 Å². The number of aromatic nitrogens is 3. The quantitative estimate of drug-likeness (QED) is 0.161. The minimum Gasteiger partial charge on any atom is -0.457 e. The van der Waals surface area contributed by atoms with Crippen molar-refractivity contribution < 1.29 is 13.6 Å². The summed E-state index contributed by atoms with van der Waals surface area (Å²) in [4.78, 5) is 2.23. The van der Waals surface area contributed by atoms with Crippen molar-refractivity contribution >= 4 is 144 Å². The second-order valence-corrected chi connectivity index (χ2v) is 26.4. The molecular formula is C82H52BN3O3S. The van der Waals surface area contributed by atoms with Crippen LogP contribution in [0.2, 0.25) is 0 Å². The Morgan fingerprint density at radius 1 is 0.367 bits per heavy atom. The summed E-state index contributed by atoms with van der Waals surface area (Å²) in [5, 5.41) is 11.2. The Labute approximate surface area is 521 Å². The molecule has 0 atom stereocenters. The van der Waals surface area contributed by atoms with Gasteiger partial charge in [-0.15, -0.1) is 0 Å². The predicted molar refractivity (Wildman–Crippen MR) is 375 cm³/mol. The Morgan fingerprint density at radius 3 is 1.42 bits per heavy atom. The minimum absolute atomic E-state index is 0.0662. The van der Waals surface area contributed by atoms with E-state index in [1.54, 1.807) is 0 Å². The Hall–Kier alpha value is -10.9. The Morgan fingerprint density at radius 2 is 0.844 bits per heavy atom. The highest BCUT2D eigenvalue weighted by Crippen LogP contribution is 2.54. The SMILES string of the molecule is CC(C)(C)c1ccc(-n2c3c(-c4ccccc4)cccc3c3c4c(oc5ccccc54)c4c(c32)Oc2cc(-n3c5ccccc5c5ccccc53)cc3c2B4c2c(c4c(c5cccc(-c6ccccc6)c5n4-c4ccccc4)c4c2oc2ccccc24)S3)cc1. The van der Waals surface area contributed by atoms with Crippen LogP contribution in [0.3, 0.4) is 0 Å². The first-order chi connectivity index (χ1) is 44.3. The van der Waals surface area contributed by atoms with Gasteiger partial charge < -0.3 is 27.3 Å². The van der Waals surface area contributed by atoms with Gasteiger partial charge in [0.25, 0.3) is 6.71 Å². The lowest BCUT2D eigenvalue weighted by Crippen LogP contribution is -2.58. The highest BCUT2D eigenvalue weighted by molar-refractivity contribution is 8.00. The van der Waals surface area contributed by atoms with E-state index in [1.807, 2.05) is 11.8 Å². The van der Waals surface area contributed by atoms with Crippen LogP contribution < -0.4 is 21.1 Å². The number of hydrogen-bond donors (Lipinski definition) is 0. The first kappa shape index (κ1) is 50.1. The Kier molecular flexibility index (Phi) is 10.2. The highest BCUT2D eigenvalue weighted by Gasteiger charge is 2.47. The number of rotatable bonds is 5. The van der Waals surface area contributed by atoms with Gasteiger partial charge in [0.05, 0.1) is 38.8 Å². The van der Waals surface area contributed by atoms with Crippen molar-refractivity contribution in [2.24, 2.45) is 0 Å². The van der Waals surface area contributed by atoms with Gasteiger partial charge in [0.15, 0.2) is 5.75 Å². The molecule has 8 heteroatoms. The van der Waals surface area contributed by atoms with Crippen molar-refractivity contribution in [2.75, 3.05) is 0 Å². The molecule has 0 fully saturated rings. The van der Waals surface area contributed by atoms with E-state index < -0.39 is 6.71 Å². The third kappa shape index (κ3) is 6.75. The van der Waals surface area contributed by atoms with Crippen molar-refractivity contribution in [1.82, 2.24) is 13.7 Å². The lowest BCUT2D eigenvalue weighted by atomic mass is 9.35. The van der Waals surface area contributed by atoms with Gasteiger partial charge in [0.1, 0.15) is 28.1 Å². The molecule has 0 saturated heterocycles. The molecule has 18 aromatic rings. The van der Waals surface area contributed by atoms with E-state index in [-0.39, 0.29) is 5.41 Å². The van der Waals surface area contributed by atoms with Crippen LogP contribution in [-0.2, 0) is 5.41 Å². The monoisotopic (exact) mass is 1170 g/mol. The van der Waals surface area contributed by atoms with Gasteiger partial charge in [-0.3, -0.25) is 0 Å². The minimum atomic E-state index is -0.471. The normalized spacial score (nSPS) is 13.1. The van der Waals surface area contributed by atoms with Crippen molar-refractivity contribution in [3.05, 3.63) is 266 Å². The number of ether oxygens (including phenoxy) is 1. The van der Waals surface area contributed by atoms with Crippen molar-refractivity contribution in [3.8, 4) is 50.8 Å². The van der Waals surface area contributed by atoms with Crippen molar-refractivity contribution in [1.29, 1.82) is 0 Å². The van der Waals surface area contributed by atoms with Gasteiger partial charge in [0, 0.05) is 97.7 Å². The lowest BCUT2D eigenvalue weighted by molar-refractivity contribution is 0.489. The van der Waals surface area contributed by atoms with Crippen LogP contribution >= 0.6 is 11.8 Å². The van der Waals surface area contributed by atoms with Crippen LogP contribution in [0.25, 0.3) is 149 Å². The maximum absolute atomic E-state index is 8.16. The summed E-state index contributed by atoms with van der Waals surface area (Å²) in [6.45, 7) is 6.39. The second kappa shape index (κ2) is 18.3.